The standard InChI is InChI=1S/C19H24N4O4/c1-12(2)27-15-8-6-14(7-9-15)23-13(3)16(20-21-23)17(24)22-11-5-10-19(22,4)18(25)26/h6-9,12H,5,10-11H2,1-4H3,(H,25,26). The van der Waals surface area contributed by atoms with Crippen LogP contribution in [0.5, 0.6) is 5.75 Å². The van der Waals surface area contributed by atoms with Gasteiger partial charge in [-0.1, -0.05) is 5.21 Å². The van der Waals surface area contributed by atoms with Gasteiger partial charge < -0.3 is 14.7 Å². The minimum atomic E-state index is -1.21. The van der Waals surface area contributed by atoms with Gasteiger partial charge in [0.05, 0.1) is 17.5 Å². The third-order valence-electron chi connectivity index (χ3n) is 4.90. The van der Waals surface area contributed by atoms with E-state index in [1.165, 1.54) is 4.90 Å². The first-order valence-electron chi connectivity index (χ1n) is 8.99. The van der Waals surface area contributed by atoms with Crippen molar-refractivity contribution >= 4 is 11.9 Å². The molecule has 8 heteroatoms. The van der Waals surface area contributed by atoms with Crippen molar-refractivity contribution in [3.8, 4) is 11.4 Å². The van der Waals surface area contributed by atoms with Crippen molar-refractivity contribution in [1.29, 1.82) is 0 Å². The van der Waals surface area contributed by atoms with E-state index >= 15 is 0 Å². The van der Waals surface area contributed by atoms with Gasteiger partial charge in [-0.25, -0.2) is 9.48 Å². The highest BCUT2D eigenvalue weighted by Gasteiger charge is 2.47. The number of aromatic nitrogens is 3. The molecule has 1 amide bonds. The number of hydrogen-bond acceptors (Lipinski definition) is 5. The van der Waals surface area contributed by atoms with Gasteiger partial charge in [-0.3, -0.25) is 4.79 Å². The van der Waals surface area contributed by atoms with Crippen LogP contribution in [-0.4, -0.2) is 55.1 Å². The molecule has 2 heterocycles. The molecule has 1 fully saturated rings. The lowest BCUT2D eigenvalue weighted by Crippen LogP contribution is -2.51. The van der Waals surface area contributed by atoms with E-state index < -0.39 is 17.4 Å². The molecule has 1 aliphatic heterocycles. The van der Waals surface area contributed by atoms with Gasteiger partial charge >= 0.3 is 5.97 Å². The Morgan fingerprint density at radius 2 is 1.93 bits per heavy atom. The second-order valence-electron chi connectivity index (χ2n) is 7.24. The molecule has 1 N–H and O–H groups in total. The minimum absolute atomic E-state index is 0.0807. The lowest BCUT2D eigenvalue weighted by molar-refractivity contribution is -0.147. The Labute approximate surface area is 157 Å². The monoisotopic (exact) mass is 372 g/mol. The number of aliphatic carboxylic acids is 1. The Hall–Kier alpha value is -2.90. The van der Waals surface area contributed by atoms with E-state index in [4.69, 9.17) is 4.74 Å². The van der Waals surface area contributed by atoms with Crippen molar-refractivity contribution in [1.82, 2.24) is 19.9 Å². The Morgan fingerprint density at radius 1 is 1.26 bits per heavy atom. The Morgan fingerprint density at radius 3 is 2.52 bits per heavy atom. The van der Waals surface area contributed by atoms with Crippen LogP contribution in [0, 0.1) is 6.92 Å². The number of ether oxygens (including phenoxy) is 1. The van der Waals surface area contributed by atoms with Gasteiger partial charge in [0, 0.05) is 6.54 Å². The Kier molecular flexibility index (Phi) is 4.91. The summed E-state index contributed by atoms with van der Waals surface area (Å²) in [6.45, 7) is 7.63. The fourth-order valence-corrected chi connectivity index (χ4v) is 3.35. The van der Waals surface area contributed by atoms with E-state index in [-0.39, 0.29) is 11.8 Å². The molecule has 2 aromatic rings. The summed E-state index contributed by atoms with van der Waals surface area (Å²) in [5.41, 5.74) is 0.282. The average Bonchev–Trinajstić information content (AvgIpc) is 3.19. The first kappa shape index (κ1) is 18.9. The molecule has 1 atom stereocenters. The quantitative estimate of drug-likeness (QED) is 0.866. The molecule has 144 valence electrons. The molecule has 1 aromatic heterocycles. The predicted molar refractivity (Wildman–Crippen MR) is 98.2 cm³/mol. The highest BCUT2D eigenvalue weighted by atomic mass is 16.5. The van der Waals surface area contributed by atoms with Gasteiger partial charge in [0.1, 0.15) is 11.3 Å². The molecular formula is C19H24N4O4. The maximum absolute atomic E-state index is 12.9. The van der Waals surface area contributed by atoms with Crippen molar-refractivity contribution in [2.45, 2.75) is 52.2 Å². The van der Waals surface area contributed by atoms with Gasteiger partial charge in [-0.15, -0.1) is 5.10 Å². The molecule has 8 nitrogen and oxygen atoms in total. The fourth-order valence-electron chi connectivity index (χ4n) is 3.35. The number of carboxylic acid groups (broad SMARTS) is 1. The number of carbonyl (C=O) groups is 2. The Balaban J connectivity index is 1.87. The number of nitrogens with zero attached hydrogens (tertiary/aromatic N) is 4. The summed E-state index contributed by atoms with van der Waals surface area (Å²) in [7, 11) is 0. The number of carboxylic acids is 1. The summed E-state index contributed by atoms with van der Waals surface area (Å²) in [6.07, 6.45) is 1.16. The van der Waals surface area contributed by atoms with Crippen molar-refractivity contribution in [2.24, 2.45) is 0 Å². The second kappa shape index (κ2) is 7.02. The first-order valence-corrected chi connectivity index (χ1v) is 8.99. The molecule has 0 aliphatic carbocycles. The van der Waals surface area contributed by atoms with E-state index in [9.17, 15) is 14.7 Å². The van der Waals surface area contributed by atoms with E-state index in [0.29, 0.717) is 25.1 Å². The van der Waals surface area contributed by atoms with Crippen LogP contribution in [0.3, 0.4) is 0 Å². The average molecular weight is 372 g/mol. The zero-order chi connectivity index (χ0) is 19.8. The molecular weight excluding hydrogens is 348 g/mol. The second-order valence-corrected chi connectivity index (χ2v) is 7.24. The molecule has 1 unspecified atom stereocenters. The van der Waals surface area contributed by atoms with Gasteiger partial charge in [-0.05, 0) is 64.8 Å². The third kappa shape index (κ3) is 3.39. The van der Waals surface area contributed by atoms with E-state index in [1.54, 1.807) is 18.5 Å². The summed E-state index contributed by atoms with van der Waals surface area (Å²) in [6, 6.07) is 7.34. The lowest BCUT2D eigenvalue weighted by atomic mass is 9.99. The minimum Gasteiger partial charge on any atom is -0.491 e. The van der Waals surface area contributed by atoms with E-state index in [0.717, 1.165) is 11.4 Å². The predicted octanol–water partition coefficient (Wildman–Crippen LogP) is 2.44. The van der Waals surface area contributed by atoms with Gasteiger partial charge in [0.25, 0.3) is 5.91 Å². The number of amides is 1. The highest BCUT2D eigenvalue weighted by Crippen LogP contribution is 2.31. The maximum Gasteiger partial charge on any atom is 0.329 e. The van der Waals surface area contributed by atoms with Crippen LogP contribution in [-0.2, 0) is 4.79 Å². The van der Waals surface area contributed by atoms with Gasteiger partial charge in [-0.2, -0.15) is 0 Å². The van der Waals surface area contributed by atoms with Gasteiger partial charge in [0.15, 0.2) is 5.69 Å². The van der Waals surface area contributed by atoms with Gasteiger partial charge in [0.2, 0.25) is 0 Å². The first-order chi connectivity index (χ1) is 12.7. The molecule has 0 saturated carbocycles. The molecule has 1 aliphatic rings. The number of likely N-dealkylation sites (tertiary alicyclic amines) is 1. The number of benzene rings is 1. The smallest absolute Gasteiger partial charge is 0.329 e. The summed E-state index contributed by atoms with van der Waals surface area (Å²) in [4.78, 5) is 26.0. The molecule has 27 heavy (non-hydrogen) atoms. The Bertz CT molecular complexity index is 859. The molecule has 0 radical (unpaired) electrons. The normalized spacial score (nSPS) is 19.5. The fraction of sp³-hybridized carbons (Fsp3) is 0.474. The van der Waals surface area contributed by atoms with Crippen LogP contribution in [0.2, 0.25) is 0 Å². The maximum atomic E-state index is 12.9. The van der Waals surface area contributed by atoms with Crippen LogP contribution in [0.4, 0.5) is 0 Å². The summed E-state index contributed by atoms with van der Waals surface area (Å²) in [5, 5.41) is 17.7. The highest BCUT2D eigenvalue weighted by molar-refractivity contribution is 5.97. The van der Waals surface area contributed by atoms with Crippen LogP contribution in [0.25, 0.3) is 5.69 Å². The van der Waals surface area contributed by atoms with Crippen molar-refractivity contribution in [3.05, 3.63) is 35.7 Å². The van der Waals surface area contributed by atoms with Crippen LogP contribution >= 0.6 is 0 Å². The number of carbonyl (C=O) groups excluding carboxylic acids is 1. The SMILES string of the molecule is Cc1c(C(=O)N2CCCC2(C)C(=O)O)nnn1-c1ccc(OC(C)C)cc1. The largest absolute Gasteiger partial charge is 0.491 e. The summed E-state index contributed by atoms with van der Waals surface area (Å²) >= 11 is 0. The summed E-state index contributed by atoms with van der Waals surface area (Å²) < 4.78 is 7.20. The molecule has 1 aromatic carbocycles. The van der Waals surface area contributed by atoms with Crippen molar-refractivity contribution in [2.75, 3.05) is 6.54 Å². The van der Waals surface area contributed by atoms with Crippen molar-refractivity contribution < 1.29 is 19.4 Å². The molecule has 1 saturated heterocycles. The molecule has 0 spiro atoms. The van der Waals surface area contributed by atoms with E-state index in [2.05, 4.69) is 10.3 Å². The summed E-state index contributed by atoms with van der Waals surface area (Å²) in [5.74, 6) is -0.655. The van der Waals surface area contributed by atoms with Crippen LogP contribution in [0.15, 0.2) is 24.3 Å². The van der Waals surface area contributed by atoms with Crippen LogP contribution in [0.1, 0.15) is 49.8 Å². The molecule has 0 bridgehead atoms. The molecule has 3 rings (SSSR count). The zero-order valence-electron chi connectivity index (χ0n) is 16.0. The van der Waals surface area contributed by atoms with E-state index in [1.807, 2.05) is 38.1 Å². The lowest BCUT2D eigenvalue weighted by Gasteiger charge is -2.30. The number of rotatable bonds is 5. The zero-order valence-corrected chi connectivity index (χ0v) is 16.0. The third-order valence-corrected chi connectivity index (χ3v) is 4.90. The van der Waals surface area contributed by atoms with Crippen LogP contribution < -0.4 is 4.74 Å². The topological polar surface area (TPSA) is 97.5 Å². The van der Waals surface area contributed by atoms with Crippen molar-refractivity contribution in [3.63, 3.8) is 0 Å². The number of hydrogen-bond donors (Lipinski definition) is 1.